The van der Waals surface area contributed by atoms with E-state index in [0.29, 0.717) is 13.0 Å². The minimum Gasteiger partial charge on any atom is -0.493 e. The number of nitrogens with zero attached hydrogens (tertiary/aromatic N) is 2. The average Bonchev–Trinajstić information content (AvgIpc) is 2.81. The van der Waals surface area contributed by atoms with Crippen molar-refractivity contribution in [2.75, 3.05) is 26.7 Å². The van der Waals surface area contributed by atoms with Gasteiger partial charge in [0.05, 0.1) is 12.6 Å². The molecule has 24 heavy (non-hydrogen) atoms. The summed E-state index contributed by atoms with van der Waals surface area (Å²) < 4.78 is 5.58. The lowest BCUT2D eigenvalue weighted by Crippen LogP contribution is -2.34. The van der Waals surface area contributed by atoms with Gasteiger partial charge < -0.3 is 15.0 Å². The van der Waals surface area contributed by atoms with Crippen molar-refractivity contribution in [1.29, 1.82) is 0 Å². The van der Waals surface area contributed by atoms with E-state index in [1.807, 2.05) is 24.3 Å². The number of fused-ring (bicyclic) bond motifs is 1. The first-order valence-electron chi connectivity index (χ1n) is 8.13. The minimum atomic E-state index is -0.293. The van der Waals surface area contributed by atoms with Gasteiger partial charge in [-0.2, -0.15) is 0 Å². The molecule has 0 unspecified atom stereocenters. The molecule has 1 saturated heterocycles. The second-order valence-electron chi connectivity index (χ2n) is 6.08. The first kappa shape index (κ1) is 16.3. The summed E-state index contributed by atoms with van der Waals surface area (Å²) in [5.41, 5.74) is 0.989. The van der Waals surface area contributed by atoms with Crippen molar-refractivity contribution in [3.8, 4) is 5.75 Å². The summed E-state index contributed by atoms with van der Waals surface area (Å²) in [6.45, 7) is 0.967. The third-order valence-corrected chi connectivity index (χ3v) is 4.31. The number of amides is 4. The molecule has 0 bridgehead atoms. The van der Waals surface area contributed by atoms with Crippen molar-refractivity contribution in [3.63, 3.8) is 0 Å². The van der Waals surface area contributed by atoms with Crippen LogP contribution in [0.1, 0.15) is 30.9 Å². The zero-order valence-corrected chi connectivity index (χ0v) is 13.7. The van der Waals surface area contributed by atoms with Crippen molar-refractivity contribution >= 4 is 17.8 Å². The van der Waals surface area contributed by atoms with Crippen molar-refractivity contribution < 1.29 is 19.1 Å². The largest absolute Gasteiger partial charge is 0.493 e. The van der Waals surface area contributed by atoms with Gasteiger partial charge in [0.15, 0.2) is 0 Å². The highest BCUT2D eigenvalue weighted by Crippen LogP contribution is 2.31. The molecule has 1 aromatic carbocycles. The fourth-order valence-electron chi connectivity index (χ4n) is 3.05. The Balaban J connectivity index is 1.49. The molecule has 0 saturated carbocycles. The minimum absolute atomic E-state index is 0.0522. The molecule has 7 heteroatoms. The molecule has 4 amide bonds. The molecule has 1 N–H and O–H groups in total. The predicted molar refractivity (Wildman–Crippen MR) is 86.4 cm³/mol. The second kappa shape index (κ2) is 6.90. The van der Waals surface area contributed by atoms with Gasteiger partial charge in [-0.25, -0.2) is 4.79 Å². The molecular weight excluding hydrogens is 310 g/mol. The van der Waals surface area contributed by atoms with Crippen LogP contribution in [-0.2, 0) is 9.59 Å². The third kappa shape index (κ3) is 3.34. The first-order valence-corrected chi connectivity index (χ1v) is 8.13. The fraction of sp³-hybridized carbons (Fsp3) is 0.471. The predicted octanol–water partition coefficient (Wildman–Crippen LogP) is 1.30. The van der Waals surface area contributed by atoms with E-state index in [4.69, 9.17) is 4.74 Å². The second-order valence-corrected chi connectivity index (χ2v) is 6.08. The van der Waals surface area contributed by atoms with Crippen molar-refractivity contribution in [2.24, 2.45) is 0 Å². The van der Waals surface area contributed by atoms with Crippen molar-refractivity contribution in [3.05, 3.63) is 29.8 Å². The van der Waals surface area contributed by atoms with Gasteiger partial charge in [-0.15, -0.1) is 0 Å². The lowest BCUT2D eigenvalue weighted by Gasteiger charge is -2.26. The molecule has 2 heterocycles. The van der Waals surface area contributed by atoms with Gasteiger partial charge >= 0.3 is 6.03 Å². The number of hydrogen-bond acceptors (Lipinski definition) is 4. The van der Waals surface area contributed by atoms with E-state index in [1.165, 1.54) is 9.80 Å². The SMILES string of the molecule is CN1CC(=O)N(CCCC(=O)N[C@H]2CCOc3ccccc32)C1=O. The molecule has 2 aliphatic heterocycles. The smallest absolute Gasteiger partial charge is 0.326 e. The van der Waals surface area contributed by atoms with Crippen LogP contribution in [-0.4, -0.2) is 54.4 Å². The Kier molecular flexibility index (Phi) is 4.69. The normalized spacial score (nSPS) is 20.0. The van der Waals surface area contributed by atoms with Gasteiger partial charge in [-0.05, 0) is 12.5 Å². The van der Waals surface area contributed by atoms with Gasteiger partial charge in [0.1, 0.15) is 12.3 Å². The van der Waals surface area contributed by atoms with Crippen LogP contribution >= 0.6 is 0 Å². The summed E-state index contributed by atoms with van der Waals surface area (Å²) in [7, 11) is 1.59. The number of hydrogen-bond donors (Lipinski definition) is 1. The summed E-state index contributed by atoms with van der Waals surface area (Å²) in [6.07, 6.45) is 1.47. The molecule has 7 nitrogen and oxygen atoms in total. The van der Waals surface area contributed by atoms with Crippen LogP contribution in [0.25, 0.3) is 0 Å². The fourth-order valence-corrected chi connectivity index (χ4v) is 3.05. The van der Waals surface area contributed by atoms with Crippen molar-refractivity contribution in [1.82, 2.24) is 15.1 Å². The van der Waals surface area contributed by atoms with Crippen LogP contribution in [0.15, 0.2) is 24.3 Å². The highest BCUT2D eigenvalue weighted by atomic mass is 16.5. The monoisotopic (exact) mass is 331 g/mol. The van der Waals surface area contributed by atoms with Gasteiger partial charge in [0, 0.05) is 32.0 Å². The molecule has 1 fully saturated rings. The topological polar surface area (TPSA) is 79.0 Å². The highest BCUT2D eigenvalue weighted by Gasteiger charge is 2.33. The average molecular weight is 331 g/mol. The summed E-state index contributed by atoms with van der Waals surface area (Å²) in [5, 5.41) is 3.01. The number of benzene rings is 1. The highest BCUT2D eigenvalue weighted by molar-refractivity contribution is 6.01. The summed E-state index contributed by atoms with van der Waals surface area (Å²) in [4.78, 5) is 38.2. The molecule has 2 aliphatic rings. The Hall–Kier alpha value is -2.57. The van der Waals surface area contributed by atoms with E-state index in [0.717, 1.165) is 17.7 Å². The van der Waals surface area contributed by atoms with Crippen molar-refractivity contribution in [2.45, 2.75) is 25.3 Å². The standard InChI is InChI=1S/C17H21N3O4/c1-19-11-16(22)20(17(19)23)9-4-7-15(21)18-13-8-10-24-14-6-3-2-5-12(13)14/h2-3,5-6,13H,4,7-11H2,1H3,(H,18,21)/t13-/m0/s1. The third-order valence-electron chi connectivity index (χ3n) is 4.31. The number of likely N-dealkylation sites (N-methyl/N-ethyl adjacent to an activating group) is 1. The number of urea groups is 1. The van der Waals surface area contributed by atoms with Crippen LogP contribution in [0.2, 0.25) is 0 Å². The number of carbonyl (C=O) groups excluding carboxylic acids is 3. The molecule has 0 radical (unpaired) electrons. The summed E-state index contributed by atoms with van der Waals surface area (Å²) in [6, 6.07) is 7.34. The molecule has 1 aromatic rings. The molecular formula is C17H21N3O4. The molecule has 0 aromatic heterocycles. The molecule has 0 spiro atoms. The van der Waals surface area contributed by atoms with E-state index in [9.17, 15) is 14.4 Å². The number of rotatable bonds is 5. The number of nitrogens with one attached hydrogen (secondary N) is 1. The van der Waals surface area contributed by atoms with Gasteiger partial charge in [-0.3, -0.25) is 14.5 Å². The van der Waals surface area contributed by atoms with Crippen LogP contribution in [0, 0.1) is 0 Å². The van der Waals surface area contributed by atoms with E-state index < -0.39 is 0 Å². The van der Waals surface area contributed by atoms with Gasteiger partial charge in [0.25, 0.3) is 0 Å². The molecule has 128 valence electrons. The number of imide groups is 1. The van der Waals surface area contributed by atoms with Gasteiger partial charge in [-0.1, -0.05) is 18.2 Å². The number of para-hydroxylation sites is 1. The van der Waals surface area contributed by atoms with Crippen LogP contribution in [0.4, 0.5) is 4.79 Å². The quantitative estimate of drug-likeness (QED) is 0.825. The summed E-state index contributed by atoms with van der Waals surface area (Å²) in [5.74, 6) is 0.524. The van der Waals surface area contributed by atoms with Gasteiger partial charge in [0.2, 0.25) is 11.8 Å². The maximum absolute atomic E-state index is 12.2. The maximum Gasteiger partial charge on any atom is 0.326 e. The maximum atomic E-state index is 12.2. The zero-order chi connectivity index (χ0) is 17.1. The molecule has 3 rings (SSSR count). The van der Waals surface area contributed by atoms with E-state index >= 15 is 0 Å². The Labute approximate surface area is 140 Å². The Morgan fingerprint density at radius 1 is 1.33 bits per heavy atom. The number of carbonyl (C=O) groups is 3. The Morgan fingerprint density at radius 3 is 2.88 bits per heavy atom. The lowest BCUT2D eigenvalue weighted by atomic mass is 10.0. The summed E-state index contributed by atoms with van der Waals surface area (Å²) >= 11 is 0. The van der Waals surface area contributed by atoms with Crippen LogP contribution in [0.5, 0.6) is 5.75 Å². The van der Waals surface area contributed by atoms with E-state index in [-0.39, 0.29) is 43.4 Å². The lowest BCUT2D eigenvalue weighted by molar-refractivity contribution is -0.126. The molecule has 0 aliphatic carbocycles. The Bertz CT molecular complexity index is 661. The van der Waals surface area contributed by atoms with E-state index in [2.05, 4.69) is 5.32 Å². The Morgan fingerprint density at radius 2 is 2.12 bits per heavy atom. The number of ether oxygens (including phenoxy) is 1. The zero-order valence-electron chi connectivity index (χ0n) is 13.7. The van der Waals surface area contributed by atoms with Crippen LogP contribution in [0.3, 0.4) is 0 Å². The molecule has 1 atom stereocenters. The first-order chi connectivity index (χ1) is 11.6. The van der Waals surface area contributed by atoms with E-state index in [1.54, 1.807) is 7.05 Å². The van der Waals surface area contributed by atoms with Crippen LogP contribution < -0.4 is 10.1 Å².